The molecule has 1 heterocycles. The van der Waals surface area contributed by atoms with E-state index in [2.05, 4.69) is 34.5 Å². The lowest BCUT2D eigenvalue weighted by Gasteiger charge is -2.33. The first kappa shape index (κ1) is 17.9. The molecule has 25 heavy (non-hydrogen) atoms. The van der Waals surface area contributed by atoms with E-state index in [9.17, 15) is 8.42 Å². The standard InChI is InChI=1S/C19H25N3O2S/c1-15-7-8-18(13-19(15)25(20,23)24)21-17-9-11-22(12-10-17)14-16-5-3-2-4-6-16/h2-8,13,17,21H,9-12,14H2,1H3,(H2,20,23,24). The van der Waals surface area contributed by atoms with Gasteiger partial charge < -0.3 is 5.32 Å². The molecule has 3 N–H and O–H groups in total. The molecule has 6 heteroatoms. The second-order valence-corrected chi connectivity index (χ2v) is 8.24. The van der Waals surface area contributed by atoms with Crippen LogP contribution in [0.25, 0.3) is 0 Å². The van der Waals surface area contributed by atoms with Crippen LogP contribution in [-0.4, -0.2) is 32.4 Å². The van der Waals surface area contributed by atoms with Gasteiger partial charge in [0.1, 0.15) is 0 Å². The lowest BCUT2D eigenvalue weighted by Crippen LogP contribution is -2.38. The first-order valence-corrected chi connectivity index (χ1v) is 10.1. The number of rotatable bonds is 5. The zero-order valence-electron chi connectivity index (χ0n) is 14.5. The smallest absolute Gasteiger partial charge is 0.238 e. The van der Waals surface area contributed by atoms with Gasteiger partial charge in [0.25, 0.3) is 0 Å². The maximum Gasteiger partial charge on any atom is 0.238 e. The van der Waals surface area contributed by atoms with Gasteiger partial charge in [0.05, 0.1) is 4.90 Å². The molecule has 0 unspecified atom stereocenters. The highest BCUT2D eigenvalue weighted by atomic mass is 32.2. The molecule has 5 nitrogen and oxygen atoms in total. The van der Waals surface area contributed by atoms with Gasteiger partial charge in [0.2, 0.25) is 10.0 Å². The number of piperidine rings is 1. The Morgan fingerprint density at radius 2 is 1.80 bits per heavy atom. The van der Waals surface area contributed by atoms with Gasteiger partial charge in [-0.15, -0.1) is 0 Å². The van der Waals surface area contributed by atoms with E-state index in [0.29, 0.717) is 11.6 Å². The van der Waals surface area contributed by atoms with Crippen molar-refractivity contribution < 1.29 is 8.42 Å². The second kappa shape index (κ2) is 7.56. The Kier molecular flexibility index (Phi) is 5.42. The molecular formula is C19H25N3O2S. The highest BCUT2D eigenvalue weighted by molar-refractivity contribution is 7.89. The van der Waals surface area contributed by atoms with Crippen molar-refractivity contribution in [3.8, 4) is 0 Å². The number of hydrogen-bond acceptors (Lipinski definition) is 4. The first-order chi connectivity index (χ1) is 11.9. The molecule has 1 fully saturated rings. The SMILES string of the molecule is Cc1ccc(NC2CCN(Cc3ccccc3)CC2)cc1S(N)(=O)=O. The van der Waals surface area contributed by atoms with Crippen molar-refractivity contribution in [3.05, 3.63) is 59.7 Å². The van der Waals surface area contributed by atoms with Crippen molar-refractivity contribution in [2.45, 2.75) is 37.2 Å². The summed E-state index contributed by atoms with van der Waals surface area (Å²) in [5.41, 5.74) is 2.83. The van der Waals surface area contributed by atoms with Gasteiger partial charge >= 0.3 is 0 Å². The number of anilines is 1. The third-order valence-corrected chi connectivity index (χ3v) is 5.75. The Morgan fingerprint density at radius 3 is 2.44 bits per heavy atom. The summed E-state index contributed by atoms with van der Waals surface area (Å²) < 4.78 is 23.3. The van der Waals surface area contributed by atoms with Gasteiger partial charge in [-0.05, 0) is 43.0 Å². The van der Waals surface area contributed by atoms with E-state index < -0.39 is 10.0 Å². The van der Waals surface area contributed by atoms with Gasteiger partial charge in [-0.25, -0.2) is 13.6 Å². The van der Waals surface area contributed by atoms with E-state index in [1.54, 1.807) is 19.1 Å². The largest absolute Gasteiger partial charge is 0.382 e. The van der Waals surface area contributed by atoms with E-state index in [0.717, 1.165) is 38.2 Å². The Hall–Kier alpha value is -1.89. The summed E-state index contributed by atoms with van der Waals surface area (Å²) in [7, 11) is -3.69. The van der Waals surface area contributed by atoms with Crippen molar-refractivity contribution in [3.63, 3.8) is 0 Å². The van der Waals surface area contributed by atoms with Crippen LogP contribution in [0.2, 0.25) is 0 Å². The predicted octanol–water partition coefficient (Wildman–Crippen LogP) is 2.72. The van der Waals surface area contributed by atoms with Crippen molar-refractivity contribution in [2.75, 3.05) is 18.4 Å². The minimum Gasteiger partial charge on any atom is -0.382 e. The lowest BCUT2D eigenvalue weighted by atomic mass is 10.0. The average Bonchev–Trinajstić information content (AvgIpc) is 2.58. The maximum atomic E-state index is 11.7. The van der Waals surface area contributed by atoms with Crippen LogP contribution in [0.5, 0.6) is 0 Å². The number of sulfonamides is 1. The minimum absolute atomic E-state index is 0.194. The van der Waals surface area contributed by atoms with Crippen LogP contribution in [0.1, 0.15) is 24.0 Å². The fraction of sp³-hybridized carbons (Fsp3) is 0.368. The number of hydrogen-bond donors (Lipinski definition) is 2. The van der Waals surface area contributed by atoms with Crippen LogP contribution in [0.3, 0.4) is 0 Å². The summed E-state index contributed by atoms with van der Waals surface area (Å²) in [6, 6.07) is 16.2. The van der Waals surface area contributed by atoms with Gasteiger partial charge in [-0.3, -0.25) is 4.90 Å². The molecule has 0 aliphatic carbocycles. The average molecular weight is 359 g/mol. The summed E-state index contributed by atoms with van der Waals surface area (Å²) in [5.74, 6) is 0. The van der Waals surface area contributed by atoms with Crippen molar-refractivity contribution in [1.29, 1.82) is 0 Å². The number of aryl methyl sites for hydroxylation is 1. The molecule has 1 aliphatic heterocycles. The van der Waals surface area contributed by atoms with Gasteiger partial charge in [-0.1, -0.05) is 36.4 Å². The van der Waals surface area contributed by atoms with Gasteiger partial charge in [0.15, 0.2) is 0 Å². The summed E-state index contributed by atoms with van der Waals surface area (Å²) >= 11 is 0. The predicted molar refractivity (Wildman–Crippen MR) is 101 cm³/mol. The molecule has 0 amide bonds. The van der Waals surface area contributed by atoms with Gasteiger partial charge in [-0.2, -0.15) is 0 Å². The van der Waals surface area contributed by atoms with Crippen LogP contribution < -0.4 is 10.5 Å². The normalized spacial score (nSPS) is 16.7. The number of benzene rings is 2. The maximum absolute atomic E-state index is 11.7. The van der Waals surface area contributed by atoms with Gasteiger partial charge in [0, 0.05) is 31.4 Å². The second-order valence-electron chi connectivity index (χ2n) is 6.71. The molecule has 0 bridgehead atoms. The molecule has 2 aromatic carbocycles. The Morgan fingerprint density at radius 1 is 1.12 bits per heavy atom. The fourth-order valence-corrected chi connectivity index (χ4v) is 4.12. The quantitative estimate of drug-likeness (QED) is 0.861. The third kappa shape index (κ3) is 4.81. The van der Waals surface area contributed by atoms with E-state index >= 15 is 0 Å². The molecule has 1 saturated heterocycles. The van der Waals surface area contributed by atoms with E-state index in [1.165, 1.54) is 5.56 Å². The molecule has 2 aromatic rings. The van der Waals surface area contributed by atoms with E-state index in [4.69, 9.17) is 5.14 Å². The van der Waals surface area contributed by atoms with Crippen LogP contribution in [0, 0.1) is 6.92 Å². The van der Waals surface area contributed by atoms with Crippen molar-refractivity contribution in [1.82, 2.24) is 4.90 Å². The highest BCUT2D eigenvalue weighted by Gasteiger charge is 2.20. The molecule has 0 aromatic heterocycles. The first-order valence-electron chi connectivity index (χ1n) is 8.58. The van der Waals surface area contributed by atoms with Crippen molar-refractivity contribution in [2.24, 2.45) is 5.14 Å². The summed E-state index contributed by atoms with van der Waals surface area (Å²) in [6.45, 7) is 4.79. The highest BCUT2D eigenvalue weighted by Crippen LogP contribution is 2.22. The third-order valence-electron chi connectivity index (χ3n) is 4.70. The topological polar surface area (TPSA) is 75.4 Å². The zero-order valence-corrected chi connectivity index (χ0v) is 15.3. The van der Waals surface area contributed by atoms with Crippen LogP contribution in [0.15, 0.2) is 53.4 Å². The molecule has 0 saturated carbocycles. The summed E-state index contributed by atoms with van der Waals surface area (Å²) in [6.07, 6.45) is 2.07. The number of nitrogens with one attached hydrogen (secondary N) is 1. The zero-order chi connectivity index (χ0) is 17.9. The molecule has 0 radical (unpaired) electrons. The molecular weight excluding hydrogens is 334 g/mol. The van der Waals surface area contributed by atoms with E-state index in [1.807, 2.05) is 12.1 Å². The number of nitrogens with two attached hydrogens (primary N) is 1. The number of primary sulfonamides is 1. The Balaban J connectivity index is 1.57. The van der Waals surface area contributed by atoms with Crippen LogP contribution in [0.4, 0.5) is 5.69 Å². The number of nitrogens with zero attached hydrogens (tertiary/aromatic N) is 1. The van der Waals surface area contributed by atoms with Crippen molar-refractivity contribution >= 4 is 15.7 Å². The molecule has 0 atom stereocenters. The molecule has 0 spiro atoms. The lowest BCUT2D eigenvalue weighted by molar-refractivity contribution is 0.211. The Bertz CT molecular complexity index is 814. The van der Waals surface area contributed by atoms with E-state index in [-0.39, 0.29) is 4.90 Å². The van der Waals surface area contributed by atoms with Crippen LogP contribution >= 0.6 is 0 Å². The molecule has 1 aliphatic rings. The molecule has 3 rings (SSSR count). The van der Waals surface area contributed by atoms with Crippen LogP contribution in [-0.2, 0) is 16.6 Å². The summed E-state index contributed by atoms with van der Waals surface area (Å²) in [5, 5.41) is 8.75. The minimum atomic E-state index is -3.69. The monoisotopic (exact) mass is 359 g/mol. The number of likely N-dealkylation sites (tertiary alicyclic amines) is 1. The fourth-order valence-electron chi connectivity index (χ4n) is 3.31. The molecule has 134 valence electrons. The Labute approximate surface area is 149 Å². The summed E-state index contributed by atoms with van der Waals surface area (Å²) in [4.78, 5) is 2.65.